The fourth-order valence-electron chi connectivity index (χ4n) is 2.78. The highest BCUT2D eigenvalue weighted by Crippen LogP contribution is 2.35. The minimum Gasteiger partial charge on any atom is -0.351 e. The molecule has 1 saturated carbocycles. The van der Waals surface area contributed by atoms with Crippen LogP contribution in [0.25, 0.3) is 0 Å². The number of sulfonamides is 1. The van der Waals surface area contributed by atoms with Gasteiger partial charge in [0.15, 0.2) is 0 Å². The molecule has 126 valence electrons. The number of hydrogen-bond donors (Lipinski definition) is 4. The molecule has 2 aliphatic rings. The molecule has 8 heteroatoms. The second-order valence-electron chi connectivity index (χ2n) is 6.31. The van der Waals surface area contributed by atoms with Gasteiger partial charge in [-0.1, -0.05) is 12.1 Å². The lowest BCUT2D eigenvalue weighted by Gasteiger charge is -2.11. The molecule has 3 rings (SSSR count). The highest BCUT2D eigenvalue weighted by atomic mass is 32.2. The van der Waals surface area contributed by atoms with E-state index in [4.69, 9.17) is 0 Å². The Bertz CT molecular complexity index is 670. The Labute approximate surface area is 136 Å². The normalized spacial score (nSPS) is 24.4. The molecule has 0 aromatic heterocycles. The summed E-state index contributed by atoms with van der Waals surface area (Å²) in [5.74, 6) is 0.703. The van der Waals surface area contributed by atoms with Gasteiger partial charge in [0, 0.05) is 18.3 Å². The average molecular weight is 338 g/mol. The van der Waals surface area contributed by atoms with E-state index in [0.717, 1.165) is 24.2 Å². The van der Waals surface area contributed by atoms with Crippen LogP contribution in [-0.4, -0.2) is 32.7 Å². The third-order valence-electron chi connectivity index (χ3n) is 4.16. The molecule has 2 unspecified atom stereocenters. The van der Waals surface area contributed by atoms with Gasteiger partial charge in [0.25, 0.3) is 0 Å². The minimum absolute atomic E-state index is 0.0148. The summed E-state index contributed by atoms with van der Waals surface area (Å²) in [6, 6.07) is 7.17. The molecule has 1 aliphatic heterocycles. The number of hydrazine groups is 1. The molecule has 1 heterocycles. The molecule has 4 N–H and O–H groups in total. The number of anilines is 1. The highest BCUT2D eigenvalue weighted by Gasteiger charge is 2.38. The van der Waals surface area contributed by atoms with Gasteiger partial charge in [0.05, 0.1) is 6.26 Å². The lowest BCUT2D eigenvalue weighted by Crippen LogP contribution is -2.43. The third kappa shape index (κ3) is 4.66. The molecule has 1 aromatic carbocycles. The third-order valence-corrected chi connectivity index (χ3v) is 4.77. The van der Waals surface area contributed by atoms with Crippen molar-refractivity contribution in [3.05, 3.63) is 29.8 Å². The quantitative estimate of drug-likeness (QED) is 0.599. The molecule has 2 atom stereocenters. The molecule has 0 bridgehead atoms. The molecule has 1 aromatic rings. The maximum atomic E-state index is 12.2. The number of amides is 1. The van der Waals surface area contributed by atoms with Crippen LogP contribution in [0.2, 0.25) is 0 Å². The van der Waals surface area contributed by atoms with E-state index >= 15 is 0 Å². The van der Waals surface area contributed by atoms with E-state index in [1.54, 1.807) is 24.3 Å². The van der Waals surface area contributed by atoms with Crippen LogP contribution in [-0.2, 0) is 21.4 Å². The Hall–Kier alpha value is -1.64. The number of carbonyl (C=O) groups is 1. The van der Waals surface area contributed by atoms with Crippen LogP contribution in [0, 0.1) is 5.92 Å². The first-order chi connectivity index (χ1) is 10.9. The summed E-state index contributed by atoms with van der Waals surface area (Å²) in [7, 11) is -3.27. The zero-order valence-corrected chi connectivity index (χ0v) is 13.8. The van der Waals surface area contributed by atoms with Crippen LogP contribution in [0.1, 0.15) is 24.8 Å². The van der Waals surface area contributed by atoms with Crippen molar-refractivity contribution in [2.45, 2.75) is 37.9 Å². The number of carbonyl (C=O) groups excluding carboxylic acids is 1. The molecule has 23 heavy (non-hydrogen) atoms. The first kappa shape index (κ1) is 16.2. The molecular weight excluding hydrogens is 316 g/mol. The Balaban J connectivity index is 1.47. The summed E-state index contributed by atoms with van der Waals surface area (Å²) in [4.78, 5) is 12.2. The van der Waals surface area contributed by atoms with Gasteiger partial charge < -0.3 is 5.32 Å². The van der Waals surface area contributed by atoms with Gasteiger partial charge in [-0.15, -0.1) is 0 Å². The second-order valence-corrected chi connectivity index (χ2v) is 8.06. The van der Waals surface area contributed by atoms with Crippen LogP contribution >= 0.6 is 0 Å². The van der Waals surface area contributed by atoms with E-state index in [1.165, 1.54) is 12.8 Å². The SMILES string of the molecule is CS(=O)(=O)Nc1ccc(CNC(=O)C2CC(C3CC3)NN2)cc1. The van der Waals surface area contributed by atoms with Crippen LogP contribution in [0.3, 0.4) is 0 Å². The summed E-state index contributed by atoms with van der Waals surface area (Å²) in [5.41, 5.74) is 7.69. The van der Waals surface area contributed by atoms with Gasteiger partial charge in [0.1, 0.15) is 6.04 Å². The minimum atomic E-state index is -3.27. The molecule has 0 radical (unpaired) electrons. The summed E-state index contributed by atoms with van der Waals surface area (Å²) in [6.07, 6.45) is 4.44. The van der Waals surface area contributed by atoms with E-state index in [1.807, 2.05) is 0 Å². The van der Waals surface area contributed by atoms with Crippen molar-refractivity contribution in [1.29, 1.82) is 0 Å². The van der Waals surface area contributed by atoms with Crippen molar-refractivity contribution in [3.8, 4) is 0 Å². The zero-order valence-electron chi connectivity index (χ0n) is 13.0. The molecule has 1 saturated heterocycles. The van der Waals surface area contributed by atoms with Crippen molar-refractivity contribution in [1.82, 2.24) is 16.2 Å². The van der Waals surface area contributed by atoms with Crippen molar-refractivity contribution < 1.29 is 13.2 Å². The average Bonchev–Trinajstić information content (AvgIpc) is 3.22. The first-order valence-corrected chi connectivity index (χ1v) is 9.65. The highest BCUT2D eigenvalue weighted by molar-refractivity contribution is 7.92. The van der Waals surface area contributed by atoms with E-state index in [2.05, 4.69) is 20.9 Å². The van der Waals surface area contributed by atoms with Gasteiger partial charge >= 0.3 is 0 Å². The van der Waals surface area contributed by atoms with Crippen molar-refractivity contribution in [2.75, 3.05) is 11.0 Å². The van der Waals surface area contributed by atoms with Crippen LogP contribution in [0.15, 0.2) is 24.3 Å². The van der Waals surface area contributed by atoms with E-state index in [9.17, 15) is 13.2 Å². The summed E-state index contributed by atoms with van der Waals surface area (Å²) < 4.78 is 24.7. The van der Waals surface area contributed by atoms with Gasteiger partial charge in [-0.25, -0.2) is 13.8 Å². The Kier molecular flexibility index (Phi) is 4.56. The predicted octanol–water partition coefficient (Wildman–Crippen LogP) is 0.319. The topological polar surface area (TPSA) is 99.3 Å². The molecule has 2 fully saturated rings. The Morgan fingerprint density at radius 1 is 1.22 bits per heavy atom. The standard InChI is InChI=1S/C15H22N4O3S/c1-23(21,22)19-12-6-2-10(3-7-12)9-16-15(20)14-8-13(17-18-14)11-4-5-11/h2-3,6-7,11,13-14,17-19H,4-5,8-9H2,1H3,(H,16,20). The fraction of sp³-hybridized carbons (Fsp3) is 0.533. The molecule has 1 aliphatic carbocycles. The van der Waals surface area contributed by atoms with E-state index < -0.39 is 10.0 Å². The number of rotatable bonds is 6. The van der Waals surface area contributed by atoms with Crippen LogP contribution in [0.5, 0.6) is 0 Å². The largest absolute Gasteiger partial charge is 0.351 e. The number of hydrogen-bond acceptors (Lipinski definition) is 5. The summed E-state index contributed by atoms with van der Waals surface area (Å²) in [6.45, 7) is 0.421. The van der Waals surface area contributed by atoms with Crippen LogP contribution in [0.4, 0.5) is 5.69 Å². The first-order valence-electron chi connectivity index (χ1n) is 7.76. The molecular formula is C15H22N4O3S. The predicted molar refractivity (Wildman–Crippen MR) is 87.9 cm³/mol. The summed E-state index contributed by atoms with van der Waals surface area (Å²) in [5, 5.41) is 2.91. The van der Waals surface area contributed by atoms with Gasteiger partial charge in [-0.05, 0) is 42.9 Å². The smallest absolute Gasteiger partial charge is 0.238 e. The summed E-state index contributed by atoms with van der Waals surface area (Å²) >= 11 is 0. The Morgan fingerprint density at radius 2 is 1.91 bits per heavy atom. The van der Waals surface area contributed by atoms with Gasteiger partial charge in [-0.3, -0.25) is 14.9 Å². The van der Waals surface area contributed by atoms with E-state index in [0.29, 0.717) is 18.3 Å². The fourth-order valence-corrected chi connectivity index (χ4v) is 3.34. The second kappa shape index (κ2) is 6.46. The molecule has 1 amide bonds. The molecule has 7 nitrogen and oxygen atoms in total. The van der Waals surface area contributed by atoms with Gasteiger partial charge in [0.2, 0.25) is 15.9 Å². The maximum Gasteiger partial charge on any atom is 0.238 e. The number of benzene rings is 1. The maximum absolute atomic E-state index is 12.2. The number of nitrogens with one attached hydrogen (secondary N) is 4. The zero-order chi connectivity index (χ0) is 16.4. The van der Waals surface area contributed by atoms with Crippen molar-refractivity contribution in [2.24, 2.45) is 5.92 Å². The lowest BCUT2D eigenvalue weighted by molar-refractivity contribution is -0.123. The monoisotopic (exact) mass is 338 g/mol. The molecule has 0 spiro atoms. The van der Waals surface area contributed by atoms with Crippen molar-refractivity contribution >= 4 is 21.6 Å². The van der Waals surface area contributed by atoms with Gasteiger partial charge in [-0.2, -0.15) is 0 Å². The van der Waals surface area contributed by atoms with Crippen LogP contribution < -0.4 is 20.9 Å². The lowest BCUT2D eigenvalue weighted by atomic mass is 10.1. The van der Waals surface area contributed by atoms with Crippen molar-refractivity contribution in [3.63, 3.8) is 0 Å². The Morgan fingerprint density at radius 3 is 2.52 bits per heavy atom. The van der Waals surface area contributed by atoms with E-state index in [-0.39, 0.29) is 11.9 Å².